The van der Waals surface area contributed by atoms with Crippen LogP contribution in [0.2, 0.25) is 5.02 Å². The Morgan fingerprint density at radius 2 is 2.12 bits per heavy atom. The van der Waals surface area contributed by atoms with E-state index in [1.807, 2.05) is 43.8 Å². The van der Waals surface area contributed by atoms with Gasteiger partial charge in [-0.05, 0) is 32.0 Å². The second-order valence-electron chi connectivity index (χ2n) is 3.93. The summed E-state index contributed by atoms with van der Waals surface area (Å²) >= 11 is 7.79. The molecule has 96 valence electrons. The van der Waals surface area contributed by atoms with Gasteiger partial charge in [0, 0.05) is 22.1 Å². The maximum atomic E-state index is 5.97. The molecule has 1 aromatic rings. The molecule has 0 amide bonds. The largest absolute Gasteiger partial charge is 0.496 e. The van der Waals surface area contributed by atoms with Gasteiger partial charge in [0.15, 0.2) is 0 Å². The van der Waals surface area contributed by atoms with Crippen molar-refractivity contribution in [1.29, 1.82) is 0 Å². The third-order valence-electron chi connectivity index (χ3n) is 2.18. The lowest BCUT2D eigenvalue weighted by molar-refractivity contribution is 0.0920. The Kier molecular flexibility index (Phi) is 6.78. The van der Waals surface area contributed by atoms with Crippen molar-refractivity contribution in [1.82, 2.24) is 0 Å². The Labute approximate surface area is 113 Å². The van der Waals surface area contributed by atoms with Crippen LogP contribution in [0.3, 0.4) is 0 Å². The van der Waals surface area contributed by atoms with Crippen molar-refractivity contribution < 1.29 is 9.47 Å². The number of methoxy groups -OCH3 is 1. The zero-order chi connectivity index (χ0) is 12.7. The van der Waals surface area contributed by atoms with E-state index in [1.165, 1.54) is 0 Å². The minimum Gasteiger partial charge on any atom is -0.496 e. The highest BCUT2D eigenvalue weighted by Crippen LogP contribution is 2.26. The zero-order valence-corrected chi connectivity index (χ0v) is 12.1. The normalized spacial score (nSPS) is 10.9. The minimum absolute atomic E-state index is 0.302. The number of halogens is 1. The average molecular weight is 275 g/mol. The second-order valence-corrected chi connectivity index (χ2v) is 5.47. The van der Waals surface area contributed by atoms with Gasteiger partial charge in [-0.15, -0.1) is 0 Å². The summed E-state index contributed by atoms with van der Waals surface area (Å²) in [6.45, 7) is 4.88. The highest BCUT2D eigenvalue weighted by Gasteiger charge is 2.04. The molecule has 1 rings (SSSR count). The zero-order valence-electron chi connectivity index (χ0n) is 10.5. The maximum absolute atomic E-state index is 5.97. The van der Waals surface area contributed by atoms with E-state index in [4.69, 9.17) is 21.1 Å². The molecule has 0 bridgehead atoms. The Bertz CT molecular complexity index is 342. The predicted molar refractivity (Wildman–Crippen MR) is 75.3 cm³/mol. The van der Waals surface area contributed by atoms with Gasteiger partial charge in [0.05, 0.1) is 19.8 Å². The molecule has 0 saturated heterocycles. The van der Waals surface area contributed by atoms with Crippen molar-refractivity contribution in [2.45, 2.75) is 25.7 Å². The van der Waals surface area contributed by atoms with Gasteiger partial charge < -0.3 is 9.47 Å². The number of benzene rings is 1. The Hall–Kier alpha value is -0.380. The molecule has 2 nitrogen and oxygen atoms in total. The topological polar surface area (TPSA) is 18.5 Å². The Balaban J connectivity index is 2.37. The smallest absolute Gasteiger partial charge is 0.122 e. The molecule has 0 saturated carbocycles. The number of ether oxygens (including phenoxy) is 2. The van der Waals surface area contributed by atoms with Gasteiger partial charge in [-0.2, -0.15) is 11.8 Å². The molecule has 0 atom stereocenters. The van der Waals surface area contributed by atoms with Gasteiger partial charge in [-0.3, -0.25) is 0 Å². The van der Waals surface area contributed by atoms with Crippen LogP contribution >= 0.6 is 23.4 Å². The molecule has 0 aliphatic carbocycles. The van der Waals surface area contributed by atoms with Crippen LogP contribution in [0.5, 0.6) is 5.75 Å². The van der Waals surface area contributed by atoms with Gasteiger partial charge in [-0.25, -0.2) is 0 Å². The van der Waals surface area contributed by atoms with Crippen LogP contribution in [-0.4, -0.2) is 25.6 Å². The first-order chi connectivity index (χ1) is 8.13. The van der Waals surface area contributed by atoms with Gasteiger partial charge in [-0.1, -0.05) is 11.6 Å². The predicted octanol–water partition coefficient (Wildman–Crippen LogP) is 4.01. The number of hydrogen-bond acceptors (Lipinski definition) is 3. The fraction of sp³-hybridized carbons (Fsp3) is 0.538. The van der Waals surface area contributed by atoms with Gasteiger partial charge in [0.25, 0.3) is 0 Å². The molecule has 0 aliphatic heterocycles. The summed E-state index contributed by atoms with van der Waals surface area (Å²) in [6.07, 6.45) is 0.302. The lowest BCUT2D eigenvalue weighted by Crippen LogP contribution is -2.05. The van der Waals surface area contributed by atoms with Crippen molar-refractivity contribution in [2.24, 2.45) is 0 Å². The van der Waals surface area contributed by atoms with Crippen molar-refractivity contribution in [3.8, 4) is 5.75 Å². The average Bonchev–Trinajstić information content (AvgIpc) is 2.28. The molecule has 0 unspecified atom stereocenters. The van der Waals surface area contributed by atoms with Crippen LogP contribution < -0.4 is 4.74 Å². The standard InChI is InChI=1S/C13H19ClO2S/c1-10(2)16-6-7-17-9-11-8-12(14)4-5-13(11)15-3/h4-5,8,10H,6-7,9H2,1-3H3. The fourth-order valence-electron chi connectivity index (χ4n) is 1.38. The third kappa shape index (κ3) is 5.66. The Morgan fingerprint density at radius 1 is 1.35 bits per heavy atom. The maximum Gasteiger partial charge on any atom is 0.122 e. The second kappa shape index (κ2) is 7.85. The lowest BCUT2D eigenvalue weighted by Gasteiger charge is -2.10. The molecule has 0 heterocycles. The van der Waals surface area contributed by atoms with Gasteiger partial charge >= 0.3 is 0 Å². The van der Waals surface area contributed by atoms with Crippen LogP contribution in [0.1, 0.15) is 19.4 Å². The molecule has 0 aromatic heterocycles. The van der Waals surface area contributed by atoms with Crippen LogP contribution in [0.4, 0.5) is 0 Å². The van der Waals surface area contributed by atoms with E-state index in [0.717, 1.165) is 34.4 Å². The quantitative estimate of drug-likeness (QED) is 0.700. The number of thioether (sulfide) groups is 1. The summed E-state index contributed by atoms with van der Waals surface area (Å²) in [4.78, 5) is 0. The van der Waals surface area contributed by atoms with Crippen molar-refractivity contribution in [3.63, 3.8) is 0 Å². The van der Waals surface area contributed by atoms with E-state index in [1.54, 1.807) is 7.11 Å². The molecule has 4 heteroatoms. The highest BCUT2D eigenvalue weighted by molar-refractivity contribution is 7.98. The third-order valence-corrected chi connectivity index (χ3v) is 3.38. The molecule has 0 spiro atoms. The SMILES string of the molecule is COc1ccc(Cl)cc1CSCCOC(C)C. The molecular formula is C13H19ClO2S. The molecular weight excluding hydrogens is 256 g/mol. The first-order valence-electron chi connectivity index (χ1n) is 5.65. The van der Waals surface area contributed by atoms with E-state index < -0.39 is 0 Å². The molecule has 0 radical (unpaired) electrons. The summed E-state index contributed by atoms with van der Waals surface area (Å²) in [5.41, 5.74) is 1.13. The highest BCUT2D eigenvalue weighted by atomic mass is 35.5. The minimum atomic E-state index is 0.302. The van der Waals surface area contributed by atoms with Crippen molar-refractivity contribution >= 4 is 23.4 Å². The monoisotopic (exact) mass is 274 g/mol. The summed E-state index contributed by atoms with van der Waals surface area (Å²) in [7, 11) is 1.68. The lowest BCUT2D eigenvalue weighted by atomic mass is 10.2. The molecule has 0 fully saturated rings. The van der Waals surface area contributed by atoms with E-state index in [9.17, 15) is 0 Å². The summed E-state index contributed by atoms with van der Waals surface area (Å²) < 4.78 is 10.8. The van der Waals surface area contributed by atoms with E-state index in [-0.39, 0.29) is 0 Å². The molecule has 0 N–H and O–H groups in total. The summed E-state index contributed by atoms with van der Waals surface area (Å²) in [5.74, 6) is 2.77. The van der Waals surface area contributed by atoms with E-state index in [0.29, 0.717) is 6.10 Å². The summed E-state index contributed by atoms with van der Waals surface area (Å²) in [5, 5.41) is 0.750. The first kappa shape index (κ1) is 14.7. The van der Waals surface area contributed by atoms with Crippen LogP contribution in [0, 0.1) is 0 Å². The number of rotatable bonds is 7. The van der Waals surface area contributed by atoms with Crippen molar-refractivity contribution in [2.75, 3.05) is 19.5 Å². The van der Waals surface area contributed by atoms with Crippen LogP contribution in [0.25, 0.3) is 0 Å². The Morgan fingerprint density at radius 3 is 2.76 bits per heavy atom. The molecule has 1 aromatic carbocycles. The van der Waals surface area contributed by atoms with Crippen molar-refractivity contribution in [3.05, 3.63) is 28.8 Å². The van der Waals surface area contributed by atoms with Crippen LogP contribution in [-0.2, 0) is 10.5 Å². The van der Waals surface area contributed by atoms with E-state index >= 15 is 0 Å². The van der Waals surface area contributed by atoms with E-state index in [2.05, 4.69) is 0 Å². The molecule has 17 heavy (non-hydrogen) atoms. The summed E-state index contributed by atoms with van der Waals surface area (Å²) in [6, 6.07) is 5.70. The molecule has 0 aliphatic rings. The fourth-order valence-corrected chi connectivity index (χ4v) is 2.38. The van der Waals surface area contributed by atoms with Crippen LogP contribution in [0.15, 0.2) is 18.2 Å². The number of hydrogen-bond donors (Lipinski definition) is 0. The first-order valence-corrected chi connectivity index (χ1v) is 7.18. The van der Waals surface area contributed by atoms with Gasteiger partial charge in [0.1, 0.15) is 5.75 Å². The van der Waals surface area contributed by atoms with Gasteiger partial charge in [0.2, 0.25) is 0 Å².